The first kappa shape index (κ1) is 22.4. The highest BCUT2D eigenvalue weighted by Gasteiger charge is 2.55. The molecule has 4 rings (SSSR count). The fourth-order valence-electron chi connectivity index (χ4n) is 3.53. The lowest BCUT2D eigenvalue weighted by atomic mass is 10.1. The summed E-state index contributed by atoms with van der Waals surface area (Å²) < 4.78 is 37.2. The number of benzene rings is 2. The molecule has 1 fully saturated rings. The largest absolute Gasteiger partial charge is 0.495 e. The van der Waals surface area contributed by atoms with E-state index in [1.165, 1.54) is 26.4 Å². The number of methoxy groups -OCH3 is 2. The Balaban J connectivity index is 1.51. The second-order valence-corrected chi connectivity index (χ2v) is 7.44. The van der Waals surface area contributed by atoms with E-state index in [4.69, 9.17) is 21.1 Å². The van der Waals surface area contributed by atoms with Gasteiger partial charge in [0.05, 0.1) is 30.6 Å². The zero-order valence-electron chi connectivity index (χ0n) is 17.2. The van der Waals surface area contributed by atoms with E-state index in [2.05, 4.69) is 15.7 Å². The van der Waals surface area contributed by atoms with Crippen LogP contribution >= 0.6 is 11.6 Å². The molecular weight excluding hydrogens is 464 g/mol. The minimum atomic E-state index is -1.21. The van der Waals surface area contributed by atoms with Gasteiger partial charge in [-0.3, -0.25) is 19.4 Å². The van der Waals surface area contributed by atoms with Gasteiger partial charge in [0.15, 0.2) is 23.7 Å². The van der Waals surface area contributed by atoms with E-state index >= 15 is 0 Å². The number of carbonyl (C=O) groups is 3. The molecule has 0 saturated carbocycles. The summed E-state index contributed by atoms with van der Waals surface area (Å²) in [6.45, 7) is -0.428. The number of amides is 3. The van der Waals surface area contributed by atoms with Gasteiger partial charge in [0.2, 0.25) is 5.91 Å². The molecule has 0 bridgehead atoms. The van der Waals surface area contributed by atoms with E-state index < -0.39 is 48.0 Å². The maximum Gasteiger partial charge on any atom is 0.263 e. The number of anilines is 2. The molecular formula is C20H16ClF2N5O5. The number of carbonyl (C=O) groups excluding carboxylic acids is 3. The Morgan fingerprint density at radius 3 is 2.48 bits per heavy atom. The third-order valence-corrected chi connectivity index (χ3v) is 5.37. The number of hydrogen-bond donors (Lipinski definition) is 1. The van der Waals surface area contributed by atoms with Gasteiger partial charge in [0.1, 0.15) is 18.0 Å². The number of hydrogen-bond acceptors (Lipinski definition) is 8. The lowest BCUT2D eigenvalue weighted by Gasteiger charge is -2.20. The summed E-state index contributed by atoms with van der Waals surface area (Å²) in [6.07, 6.45) is 0. The molecule has 2 aromatic rings. The molecule has 13 heteroatoms. The quantitative estimate of drug-likeness (QED) is 0.637. The molecule has 1 N–H and O–H groups in total. The van der Waals surface area contributed by atoms with Crippen molar-refractivity contribution in [2.75, 3.05) is 31.0 Å². The molecule has 2 aromatic carbocycles. The SMILES string of the molecule is COc1cc(OC)c(NC(=O)CN2N=N[C@@H]3C(=O)N(c4ccc(F)c(F)c4)C(=O)[C@@H]32)cc1Cl. The summed E-state index contributed by atoms with van der Waals surface area (Å²) >= 11 is 6.10. The Morgan fingerprint density at radius 1 is 1.09 bits per heavy atom. The highest BCUT2D eigenvalue weighted by Crippen LogP contribution is 2.36. The van der Waals surface area contributed by atoms with Crippen LogP contribution in [0.5, 0.6) is 11.5 Å². The van der Waals surface area contributed by atoms with Crippen LogP contribution in [0.4, 0.5) is 20.2 Å². The smallest absolute Gasteiger partial charge is 0.263 e. The Labute approximate surface area is 190 Å². The minimum absolute atomic E-state index is 0.143. The molecule has 2 aliphatic rings. The van der Waals surface area contributed by atoms with Crippen LogP contribution in [0.1, 0.15) is 0 Å². The van der Waals surface area contributed by atoms with Crippen molar-refractivity contribution in [2.24, 2.45) is 10.3 Å². The van der Waals surface area contributed by atoms with Gasteiger partial charge >= 0.3 is 0 Å². The molecule has 2 aliphatic heterocycles. The zero-order valence-corrected chi connectivity index (χ0v) is 18.0. The first-order chi connectivity index (χ1) is 15.7. The van der Waals surface area contributed by atoms with Crippen LogP contribution in [0.2, 0.25) is 5.02 Å². The Kier molecular flexibility index (Phi) is 5.85. The first-order valence-corrected chi connectivity index (χ1v) is 9.84. The molecule has 172 valence electrons. The lowest BCUT2D eigenvalue weighted by molar-refractivity contribution is -0.123. The fraction of sp³-hybridized carbons (Fsp3) is 0.250. The molecule has 0 spiro atoms. The van der Waals surface area contributed by atoms with Crippen molar-refractivity contribution < 1.29 is 32.6 Å². The number of fused-ring (bicyclic) bond motifs is 1. The number of nitrogens with zero attached hydrogens (tertiary/aromatic N) is 4. The average molecular weight is 480 g/mol. The van der Waals surface area contributed by atoms with Gasteiger partial charge in [-0.25, -0.2) is 13.7 Å². The maximum absolute atomic E-state index is 13.6. The van der Waals surface area contributed by atoms with E-state index in [9.17, 15) is 23.2 Å². The van der Waals surface area contributed by atoms with Crippen molar-refractivity contribution in [3.63, 3.8) is 0 Å². The minimum Gasteiger partial charge on any atom is -0.495 e. The summed E-state index contributed by atoms with van der Waals surface area (Å²) in [5, 5.41) is 11.4. The predicted molar refractivity (Wildman–Crippen MR) is 111 cm³/mol. The molecule has 0 aromatic heterocycles. The van der Waals surface area contributed by atoms with E-state index in [0.717, 1.165) is 23.2 Å². The van der Waals surface area contributed by atoms with Crippen LogP contribution < -0.4 is 19.7 Å². The Bertz CT molecular complexity index is 1190. The number of halogens is 3. The predicted octanol–water partition coefficient (Wildman–Crippen LogP) is 2.57. The molecule has 0 radical (unpaired) electrons. The first-order valence-electron chi connectivity index (χ1n) is 9.46. The van der Waals surface area contributed by atoms with Crippen LogP contribution in [0.15, 0.2) is 40.7 Å². The molecule has 33 heavy (non-hydrogen) atoms. The second kappa shape index (κ2) is 8.62. The van der Waals surface area contributed by atoms with Gasteiger partial charge in [-0.1, -0.05) is 16.8 Å². The summed E-state index contributed by atoms with van der Waals surface area (Å²) in [4.78, 5) is 38.9. The second-order valence-electron chi connectivity index (χ2n) is 7.04. The van der Waals surface area contributed by atoms with Crippen LogP contribution in [0.25, 0.3) is 0 Å². The third kappa shape index (κ3) is 3.93. The molecule has 0 unspecified atom stereocenters. The molecule has 2 atom stereocenters. The molecule has 0 aliphatic carbocycles. The van der Waals surface area contributed by atoms with Crippen molar-refractivity contribution in [2.45, 2.75) is 12.1 Å². The average Bonchev–Trinajstić information content (AvgIpc) is 3.30. The standard InChI is InChI=1S/C20H16ClF2N5O5/c1-32-14-7-15(33-2)13(6-10(14)21)24-16(29)8-27-18-17(25-26-27)19(30)28(20(18)31)9-3-4-11(22)12(23)5-9/h3-7,17-18H,8H2,1-2H3,(H,24,29)/t17-,18+/m0/s1. The van der Waals surface area contributed by atoms with Crippen molar-refractivity contribution in [3.8, 4) is 11.5 Å². The van der Waals surface area contributed by atoms with Crippen LogP contribution in [0.3, 0.4) is 0 Å². The third-order valence-electron chi connectivity index (χ3n) is 5.07. The fourth-order valence-corrected chi connectivity index (χ4v) is 3.77. The molecule has 1 saturated heterocycles. The number of rotatable bonds is 6. The van der Waals surface area contributed by atoms with Gasteiger partial charge in [-0.05, 0) is 18.2 Å². The molecule has 2 heterocycles. The van der Waals surface area contributed by atoms with Gasteiger partial charge < -0.3 is 14.8 Å². The number of ether oxygens (including phenoxy) is 2. The van der Waals surface area contributed by atoms with Crippen LogP contribution in [-0.2, 0) is 14.4 Å². The lowest BCUT2D eigenvalue weighted by Crippen LogP contribution is -2.43. The Morgan fingerprint density at radius 2 is 1.82 bits per heavy atom. The van der Waals surface area contributed by atoms with Crippen molar-refractivity contribution >= 4 is 40.7 Å². The zero-order chi connectivity index (χ0) is 23.9. The number of nitrogens with one attached hydrogen (secondary N) is 1. The van der Waals surface area contributed by atoms with Crippen molar-refractivity contribution in [1.82, 2.24) is 5.01 Å². The van der Waals surface area contributed by atoms with Gasteiger partial charge in [-0.15, -0.1) is 0 Å². The summed E-state index contributed by atoms with van der Waals surface area (Å²) in [5.74, 6) is -3.83. The topological polar surface area (TPSA) is 113 Å². The normalized spacial score (nSPS) is 19.2. The summed E-state index contributed by atoms with van der Waals surface area (Å²) in [7, 11) is 2.82. The van der Waals surface area contributed by atoms with Gasteiger partial charge in [0.25, 0.3) is 11.8 Å². The summed E-state index contributed by atoms with van der Waals surface area (Å²) in [5.41, 5.74) is 0.105. The summed E-state index contributed by atoms with van der Waals surface area (Å²) in [6, 6.07) is 3.16. The van der Waals surface area contributed by atoms with E-state index in [1.807, 2.05) is 0 Å². The van der Waals surface area contributed by atoms with E-state index in [-0.39, 0.29) is 22.1 Å². The Hall–Kier alpha value is -3.80. The van der Waals surface area contributed by atoms with E-state index in [0.29, 0.717) is 10.6 Å². The molecule has 3 amide bonds. The van der Waals surface area contributed by atoms with Gasteiger partial charge in [0, 0.05) is 12.1 Å². The van der Waals surface area contributed by atoms with Crippen LogP contribution in [0, 0.1) is 11.6 Å². The maximum atomic E-state index is 13.6. The van der Waals surface area contributed by atoms with Crippen molar-refractivity contribution in [3.05, 3.63) is 47.0 Å². The van der Waals surface area contributed by atoms with Crippen LogP contribution in [-0.4, -0.2) is 55.6 Å². The van der Waals surface area contributed by atoms with Gasteiger partial charge in [-0.2, -0.15) is 5.11 Å². The highest BCUT2D eigenvalue weighted by molar-refractivity contribution is 6.32. The van der Waals surface area contributed by atoms with E-state index in [1.54, 1.807) is 0 Å². The van der Waals surface area contributed by atoms with Crippen molar-refractivity contribution in [1.29, 1.82) is 0 Å². The monoisotopic (exact) mass is 479 g/mol. The highest BCUT2D eigenvalue weighted by atomic mass is 35.5. The molecule has 10 nitrogen and oxygen atoms in total. The number of imide groups is 1.